The summed E-state index contributed by atoms with van der Waals surface area (Å²) in [5.74, 6) is 0. The van der Waals surface area contributed by atoms with Crippen molar-refractivity contribution in [2.24, 2.45) is 0 Å². The first-order chi connectivity index (χ1) is 8.77. The minimum atomic E-state index is -2.17. The van der Waals surface area contributed by atoms with Crippen LogP contribution >= 0.6 is 0 Å². The second-order valence-corrected chi connectivity index (χ2v) is 5.64. The SMILES string of the molecule is O=S(=O)=C1c2ccccc2C=CC1N1CCCC1. The molecule has 1 aromatic rings. The van der Waals surface area contributed by atoms with Gasteiger partial charge in [-0.1, -0.05) is 36.4 Å². The van der Waals surface area contributed by atoms with Crippen LogP contribution in [0.15, 0.2) is 30.3 Å². The quantitative estimate of drug-likeness (QED) is 0.720. The van der Waals surface area contributed by atoms with Gasteiger partial charge in [-0.15, -0.1) is 0 Å². The summed E-state index contributed by atoms with van der Waals surface area (Å²) in [6.07, 6.45) is 6.36. The smallest absolute Gasteiger partial charge is 0.219 e. The minimum absolute atomic E-state index is 0.0827. The van der Waals surface area contributed by atoms with E-state index in [1.165, 1.54) is 0 Å². The molecule has 3 nitrogen and oxygen atoms in total. The van der Waals surface area contributed by atoms with Crippen molar-refractivity contribution < 1.29 is 8.42 Å². The fraction of sp³-hybridized carbons (Fsp3) is 0.357. The van der Waals surface area contributed by atoms with E-state index in [1.807, 2.05) is 36.4 Å². The molecule has 1 atom stereocenters. The zero-order valence-electron chi connectivity index (χ0n) is 10.0. The molecule has 0 amide bonds. The van der Waals surface area contributed by atoms with Crippen LogP contribution in [-0.2, 0) is 10.3 Å². The van der Waals surface area contributed by atoms with Crippen molar-refractivity contribution in [2.75, 3.05) is 13.1 Å². The van der Waals surface area contributed by atoms with Gasteiger partial charge in [0.2, 0.25) is 10.3 Å². The van der Waals surface area contributed by atoms with Gasteiger partial charge in [0.25, 0.3) is 0 Å². The molecule has 94 valence electrons. The van der Waals surface area contributed by atoms with Gasteiger partial charge < -0.3 is 0 Å². The van der Waals surface area contributed by atoms with Crippen molar-refractivity contribution in [3.05, 3.63) is 41.5 Å². The van der Waals surface area contributed by atoms with E-state index in [2.05, 4.69) is 4.90 Å². The summed E-state index contributed by atoms with van der Waals surface area (Å²) in [6.45, 7) is 1.97. The van der Waals surface area contributed by atoms with Gasteiger partial charge in [-0.05, 0) is 31.5 Å². The van der Waals surface area contributed by atoms with Gasteiger partial charge in [-0.25, -0.2) is 0 Å². The summed E-state index contributed by atoms with van der Waals surface area (Å²) in [5, 5.41) is 0. The molecule has 1 heterocycles. The van der Waals surface area contributed by atoms with Crippen LogP contribution in [0.1, 0.15) is 24.0 Å². The van der Waals surface area contributed by atoms with Crippen molar-refractivity contribution in [3.8, 4) is 0 Å². The van der Waals surface area contributed by atoms with E-state index in [-0.39, 0.29) is 6.04 Å². The maximum Gasteiger partial charge on any atom is 0.219 e. The summed E-state index contributed by atoms with van der Waals surface area (Å²) in [5.41, 5.74) is 1.84. The lowest BCUT2D eigenvalue weighted by atomic mass is 9.93. The Hall–Kier alpha value is -1.39. The fourth-order valence-electron chi connectivity index (χ4n) is 2.80. The summed E-state index contributed by atoms with van der Waals surface area (Å²) in [4.78, 5) is 2.77. The largest absolute Gasteiger partial charge is 0.292 e. The van der Waals surface area contributed by atoms with Crippen LogP contribution in [0.2, 0.25) is 0 Å². The molecule has 1 aliphatic heterocycles. The highest BCUT2D eigenvalue weighted by Crippen LogP contribution is 2.24. The molecule has 3 rings (SSSR count). The second kappa shape index (κ2) is 4.71. The Kier molecular flexibility index (Phi) is 3.06. The number of nitrogens with zero attached hydrogens (tertiary/aromatic N) is 1. The molecule has 0 bridgehead atoms. The Morgan fingerprint density at radius 3 is 2.56 bits per heavy atom. The molecule has 1 unspecified atom stereocenters. The molecule has 18 heavy (non-hydrogen) atoms. The molecule has 0 spiro atoms. The van der Waals surface area contributed by atoms with Crippen LogP contribution in [0.25, 0.3) is 6.08 Å². The van der Waals surface area contributed by atoms with E-state index in [0.717, 1.165) is 37.1 Å². The lowest BCUT2D eigenvalue weighted by Gasteiger charge is -2.28. The van der Waals surface area contributed by atoms with E-state index in [4.69, 9.17) is 0 Å². The Balaban J connectivity index is 2.12. The van der Waals surface area contributed by atoms with Gasteiger partial charge in [-0.3, -0.25) is 4.90 Å². The Bertz CT molecular complexity index is 617. The zero-order valence-corrected chi connectivity index (χ0v) is 10.9. The molecular weight excluding hydrogens is 246 g/mol. The number of fused-ring (bicyclic) bond motifs is 1. The fourth-order valence-corrected chi connectivity index (χ4v) is 3.59. The van der Waals surface area contributed by atoms with Gasteiger partial charge in [0.1, 0.15) is 4.86 Å². The first-order valence-corrected chi connectivity index (χ1v) is 7.32. The van der Waals surface area contributed by atoms with Gasteiger partial charge in [0, 0.05) is 5.56 Å². The number of rotatable bonds is 1. The van der Waals surface area contributed by atoms with Crippen LogP contribution in [0.4, 0.5) is 0 Å². The first kappa shape index (κ1) is 11.7. The van der Waals surface area contributed by atoms with E-state index < -0.39 is 10.3 Å². The van der Waals surface area contributed by atoms with Crippen LogP contribution in [-0.4, -0.2) is 37.3 Å². The van der Waals surface area contributed by atoms with Crippen LogP contribution in [0, 0.1) is 0 Å². The van der Waals surface area contributed by atoms with Crippen molar-refractivity contribution >= 4 is 21.2 Å². The molecule has 1 aromatic carbocycles. The zero-order chi connectivity index (χ0) is 12.5. The number of benzene rings is 1. The minimum Gasteiger partial charge on any atom is -0.292 e. The van der Waals surface area contributed by atoms with Crippen molar-refractivity contribution in [2.45, 2.75) is 18.9 Å². The molecule has 2 aliphatic rings. The first-order valence-electron chi connectivity index (χ1n) is 6.25. The highest BCUT2D eigenvalue weighted by atomic mass is 32.2. The predicted octanol–water partition coefficient (Wildman–Crippen LogP) is 1.58. The predicted molar refractivity (Wildman–Crippen MR) is 73.1 cm³/mol. The van der Waals surface area contributed by atoms with Crippen LogP contribution < -0.4 is 0 Å². The number of hydrogen-bond acceptors (Lipinski definition) is 3. The maximum atomic E-state index is 11.6. The van der Waals surface area contributed by atoms with E-state index >= 15 is 0 Å². The Morgan fingerprint density at radius 1 is 1.11 bits per heavy atom. The molecule has 1 fully saturated rings. The molecular formula is C14H15NO2S. The highest BCUT2D eigenvalue weighted by molar-refractivity contribution is 7.73. The van der Waals surface area contributed by atoms with Gasteiger partial charge >= 0.3 is 0 Å². The summed E-state index contributed by atoms with van der Waals surface area (Å²) >= 11 is 0. The van der Waals surface area contributed by atoms with Crippen molar-refractivity contribution in [3.63, 3.8) is 0 Å². The lowest BCUT2D eigenvalue weighted by Crippen LogP contribution is -2.40. The average molecular weight is 261 g/mol. The number of hydrogen-bond donors (Lipinski definition) is 0. The third-order valence-electron chi connectivity index (χ3n) is 3.67. The van der Waals surface area contributed by atoms with E-state index in [1.54, 1.807) is 0 Å². The summed E-state index contributed by atoms with van der Waals surface area (Å²) in [6, 6.07) is 7.60. The molecule has 1 aliphatic carbocycles. The van der Waals surface area contributed by atoms with Gasteiger partial charge in [0.15, 0.2) is 0 Å². The standard InChI is InChI=1S/C14H15NO2S/c16-18(17)14-12-6-2-1-5-11(12)7-8-13(14)15-9-3-4-10-15/h1-2,5-8,13H,3-4,9-10H2. The molecule has 0 N–H and O–H groups in total. The topological polar surface area (TPSA) is 37.4 Å². The summed E-state index contributed by atoms with van der Waals surface area (Å²) in [7, 11) is -2.17. The molecule has 1 saturated heterocycles. The molecule has 4 heteroatoms. The van der Waals surface area contributed by atoms with Gasteiger partial charge in [0.05, 0.1) is 6.04 Å². The van der Waals surface area contributed by atoms with E-state index in [9.17, 15) is 8.42 Å². The van der Waals surface area contributed by atoms with Crippen molar-refractivity contribution in [1.82, 2.24) is 4.90 Å². The van der Waals surface area contributed by atoms with Crippen LogP contribution in [0.3, 0.4) is 0 Å². The second-order valence-electron chi connectivity index (χ2n) is 4.73. The van der Waals surface area contributed by atoms with Crippen LogP contribution in [0.5, 0.6) is 0 Å². The molecule has 0 aromatic heterocycles. The highest BCUT2D eigenvalue weighted by Gasteiger charge is 2.29. The third-order valence-corrected chi connectivity index (χ3v) is 4.49. The maximum absolute atomic E-state index is 11.6. The average Bonchev–Trinajstić information content (AvgIpc) is 2.90. The Labute approximate surface area is 108 Å². The summed E-state index contributed by atoms with van der Waals surface area (Å²) < 4.78 is 23.2. The lowest BCUT2D eigenvalue weighted by molar-refractivity contribution is 0.339. The Morgan fingerprint density at radius 2 is 1.83 bits per heavy atom. The van der Waals surface area contributed by atoms with Gasteiger partial charge in [-0.2, -0.15) is 8.42 Å². The molecule has 0 saturated carbocycles. The number of likely N-dealkylation sites (tertiary alicyclic amines) is 1. The van der Waals surface area contributed by atoms with Crippen molar-refractivity contribution in [1.29, 1.82) is 0 Å². The molecule has 0 radical (unpaired) electrons. The third kappa shape index (κ3) is 1.91. The van der Waals surface area contributed by atoms with E-state index in [0.29, 0.717) is 4.86 Å². The normalized spacial score (nSPS) is 23.1. The monoisotopic (exact) mass is 261 g/mol.